The number of unbranched alkanes of at least 4 members (excludes halogenated alkanes) is 2. The number of aryl methyl sites for hydroxylation is 1. The molecular formula is C24H34F3NO5S. The van der Waals surface area contributed by atoms with E-state index >= 15 is 0 Å². The maximum absolute atomic E-state index is 13.7. The lowest BCUT2D eigenvalue weighted by molar-refractivity contribution is -0.154. The minimum atomic E-state index is -4.67. The molecule has 0 saturated heterocycles. The molecule has 2 N–H and O–H groups in total. The first kappa shape index (κ1) is 29.8. The highest BCUT2D eigenvalue weighted by atomic mass is 32.2. The van der Waals surface area contributed by atoms with Crippen molar-refractivity contribution in [1.29, 1.82) is 0 Å². The van der Waals surface area contributed by atoms with Gasteiger partial charge in [-0.2, -0.15) is 13.2 Å². The predicted molar refractivity (Wildman–Crippen MR) is 127 cm³/mol. The predicted octanol–water partition coefficient (Wildman–Crippen LogP) is 5.72. The zero-order valence-electron chi connectivity index (χ0n) is 19.7. The van der Waals surface area contributed by atoms with Crippen LogP contribution >= 0.6 is 11.8 Å². The van der Waals surface area contributed by atoms with Gasteiger partial charge in [0.1, 0.15) is 24.1 Å². The molecule has 0 bridgehead atoms. The molecule has 0 aromatic heterocycles. The van der Waals surface area contributed by atoms with Crippen molar-refractivity contribution in [2.75, 3.05) is 18.9 Å². The molecule has 1 atom stereocenters. The van der Waals surface area contributed by atoms with Crippen LogP contribution in [0.2, 0.25) is 0 Å². The summed E-state index contributed by atoms with van der Waals surface area (Å²) in [4.78, 5) is 32.7. The van der Waals surface area contributed by atoms with Crippen molar-refractivity contribution in [3.8, 4) is 11.5 Å². The number of nitrogens with one attached hydrogen (secondary N) is 1. The van der Waals surface area contributed by atoms with Gasteiger partial charge in [0, 0.05) is 24.1 Å². The number of thioether (sulfide) groups is 1. The number of phenols is 1. The summed E-state index contributed by atoms with van der Waals surface area (Å²) < 4.78 is 47.0. The van der Waals surface area contributed by atoms with E-state index < -0.39 is 24.3 Å². The molecule has 0 saturated carbocycles. The van der Waals surface area contributed by atoms with Crippen molar-refractivity contribution in [2.24, 2.45) is 0 Å². The van der Waals surface area contributed by atoms with E-state index in [1.165, 1.54) is 6.07 Å². The Labute approximate surface area is 203 Å². The largest absolute Gasteiger partial charge is 0.507 e. The molecular weight excluding hydrogens is 471 g/mol. The Bertz CT molecular complexity index is 802. The van der Waals surface area contributed by atoms with Gasteiger partial charge in [-0.1, -0.05) is 38.5 Å². The second-order valence-corrected chi connectivity index (χ2v) is 8.87. The number of hydrogen-bond donors (Lipinski definition) is 2. The highest BCUT2D eigenvalue weighted by Crippen LogP contribution is 2.46. The molecule has 1 aromatic rings. The normalized spacial score (nSPS) is 12.3. The van der Waals surface area contributed by atoms with Crippen molar-refractivity contribution < 1.29 is 37.4 Å². The fraction of sp³-hybridized carbons (Fsp3) is 0.625. The molecule has 0 aliphatic carbocycles. The molecule has 1 amide bonds. The second-order valence-electron chi connectivity index (χ2n) is 7.88. The number of carbonyl (C=O) groups is 3. The Kier molecular flexibility index (Phi) is 13.7. The van der Waals surface area contributed by atoms with E-state index in [0.717, 1.165) is 18.2 Å². The van der Waals surface area contributed by atoms with Gasteiger partial charge in [-0.25, -0.2) is 0 Å². The smallest absolute Gasteiger partial charge is 0.396 e. The lowest BCUT2D eigenvalue weighted by atomic mass is 9.88. The van der Waals surface area contributed by atoms with Gasteiger partial charge in [0.25, 0.3) is 5.24 Å². The Balaban J connectivity index is 3.09. The van der Waals surface area contributed by atoms with Crippen LogP contribution in [0.25, 0.3) is 0 Å². The Morgan fingerprint density at radius 2 is 1.88 bits per heavy atom. The van der Waals surface area contributed by atoms with E-state index in [-0.39, 0.29) is 29.4 Å². The molecule has 0 unspecified atom stereocenters. The molecule has 0 spiro atoms. The Morgan fingerprint density at radius 1 is 1.15 bits per heavy atom. The number of benzene rings is 1. The standard InChI is InChI=1S/C24H34F3NO5S/c1-3-5-9-18-21(31)19(20(10-12-29)24(25,26)27)16-17(8-4-2)22(18)33-14-7-6-11-28-23(32)34-15-13-30/h12-13,16,20,31H,3-11,14-15H2,1-2H3,(H,28,32)/t20-/m1/s1. The minimum absolute atomic E-state index is 0.0945. The van der Waals surface area contributed by atoms with Gasteiger partial charge in [0.15, 0.2) is 0 Å². The number of phenolic OH excluding ortho intramolecular Hbond substituents is 1. The van der Waals surface area contributed by atoms with Crippen molar-refractivity contribution in [1.82, 2.24) is 5.32 Å². The fourth-order valence-electron chi connectivity index (χ4n) is 3.57. The highest BCUT2D eigenvalue weighted by Gasteiger charge is 2.42. The monoisotopic (exact) mass is 505 g/mol. The lowest BCUT2D eigenvalue weighted by Gasteiger charge is -2.25. The third-order valence-corrected chi connectivity index (χ3v) is 5.94. The number of halogens is 3. The number of rotatable bonds is 16. The van der Waals surface area contributed by atoms with Crippen molar-refractivity contribution in [3.63, 3.8) is 0 Å². The summed E-state index contributed by atoms with van der Waals surface area (Å²) in [6, 6.07) is 1.33. The summed E-state index contributed by atoms with van der Waals surface area (Å²) in [5.41, 5.74) is 0.652. The maximum atomic E-state index is 13.7. The first-order valence-electron chi connectivity index (χ1n) is 11.6. The number of amides is 1. The van der Waals surface area contributed by atoms with Gasteiger partial charge < -0.3 is 24.7 Å². The Morgan fingerprint density at radius 3 is 2.47 bits per heavy atom. The molecule has 0 fully saturated rings. The van der Waals surface area contributed by atoms with E-state index in [4.69, 9.17) is 4.74 Å². The van der Waals surface area contributed by atoms with Crippen molar-refractivity contribution in [2.45, 2.75) is 77.3 Å². The van der Waals surface area contributed by atoms with E-state index in [2.05, 4.69) is 5.32 Å². The summed E-state index contributed by atoms with van der Waals surface area (Å²) in [7, 11) is 0. The highest BCUT2D eigenvalue weighted by molar-refractivity contribution is 8.14. The first-order valence-corrected chi connectivity index (χ1v) is 12.5. The van der Waals surface area contributed by atoms with Gasteiger partial charge in [0.2, 0.25) is 0 Å². The Hall–Kier alpha value is -2.23. The van der Waals surface area contributed by atoms with Crippen molar-refractivity contribution >= 4 is 29.6 Å². The average Bonchev–Trinajstić information content (AvgIpc) is 2.78. The number of ether oxygens (including phenoxy) is 1. The van der Waals surface area contributed by atoms with Gasteiger partial charge in [-0.15, -0.1) is 0 Å². The van der Waals surface area contributed by atoms with Crippen LogP contribution in [0, 0.1) is 0 Å². The molecule has 34 heavy (non-hydrogen) atoms. The molecule has 192 valence electrons. The SMILES string of the molecule is CCCCc1c(O)c([C@@H](CC=O)C(F)(F)F)cc(CCC)c1OCCCCNC(=O)SCC=O. The van der Waals surface area contributed by atoms with Crippen LogP contribution in [0.4, 0.5) is 18.0 Å². The maximum Gasteiger partial charge on any atom is 0.396 e. The quantitative estimate of drug-likeness (QED) is 0.220. The van der Waals surface area contributed by atoms with Crippen LogP contribution < -0.4 is 10.1 Å². The first-order chi connectivity index (χ1) is 16.2. The minimum Gasteiger partial charge on any atom is -0.507 e. The van der Waals surface area contributed by atoms with Crippen LogP contribution in [0.15, 0.2) is 6.07 Å². The molecule has 10 heteroatoms. The van der Waals surface area contributed by atoms with Gasteiger partial charge in [-0.05, 0) is 43.7 Å². The van der Waals surface area contributed by atoms with Crippen molar-refractivity contribution in [3.05, 3.63) is 22.8 Å². The fourth-order valence-corrected chi connectivity index (χ4v) is 3.99. The molecule has 1 aromatic carbocycles. The second kappa shape index (κ2) is 15.6. The van der Waals surface area contributed by atoms with Crippen LogP contribution in [-0.2, 0) is 22.4 Å². The summed E-state index contributed by atoms with van der Waals surface area (Å²) in [6.07, 6.45) is -0.414. The van der Waals surface area contributed by atoms with E-state index in [9.17, 15) is 32.7 Å². The van der Waals surface area contributed by atoms with Crippen LogP contribution in [-0.4, -0.2) is 48.0 Å². The number of hydrogen-bond acceptors (Lipinski definition) is 6. The number of carbonyl (C=O) groups excluding carboxylic acids is 3. The summed E-state index contributed by atoms with van der Waals surface area (Å²) in [5, 5.41) is 13.2. The molecule has 0 radical (unpaired) electrons. The van der Waals surface area contributed by atoms with E-state index in [1.807, 2.05) is 13.8 Å². The molecule has 6 nitrogen and oxygen atoms in total. The molecule has 0 aliphatic rings. The molecule has 0 aliphatic heterocycles. The van der Waals surface area contributed by atoms with Gasteiger partial charge in [-0.3, -0.25) is 4.79 Å². The van der Waals surface area contributed by atoms with E-state index in [1.54, 1.807) is 0 Å². The number of alkyl halides is 3. The van der Waals surface area contributed by atoms with Crippen LogP contribution in [0.3, 0.4) is 0 Å². The van der Waals surface area contributed by atoms with Crippen LogP contribution in [0.5, 0.6) is 11.5 Å². The van der Waals surface area contributed by atoms with Gasteiger partial charge >= 0.3 is 6.18 Å². The molecule has 1 rings (SSSR count). The topological polar surface area (TPSA) is 92.7 Å². The van der Waals surface area contributed by atoms with Gasteiger partial charge in [0.05, 0.1) is 18.3 Å². The number of aromatic hydroxyl groups is 1. The van der Waals surface area contributed by atoms with Crippen LogP contribution in [0.1, 0.15) is 75.0 Å². The third kappa shape index (κ3) is 9.56. The average molecular weight is 506 g/mol. The summed E-state index contributed by atoms with van der Waals surface area (Å²) in [5.74, 6) is -2.02. The molecule has 0 heterocycles. The summed E-state index contributed by atoms with van der Waals surface area (Å²) >= 11 is 0.885. The zero-order valence-corrected chi connectivity index (χ0v) is 20.5. The zero-order chi connectivity index (χ0) is 25.6. The number of aldehydes is 2. The third-order valence-electron chi connectivity index (χ3n) is 5.23. The summed E-state index contributed by atoms with van der Waals surface area (Å²) in [6.45, 7) is 4.52. The lowest BCUT2D eigenvalue weighted by Crippen LogP contribution is -2.22. The van der Waals surface area contributed by atoms with E-state index in [0.29, 0.717) is 68.2 Å².